The Morgan fingerprint density at radius 3 is 2.11 bits per heavy atom. The first kappa shape index (κ1) is 31.5. The van der Waals surface area contributed by atoms with E-state index >= 15 is 0 Å². The van der Waals surface area contributed by atoms with Gasteiger partial charge in [0, 0.05) is 0 Å². The number of unbranched alkanes of at least 4 members (excludes halogenated alkanes) is 3. The molecule has 0 bridgehead atoms. The van der Waals surface area contributed by atoms with Gasteiger partial charge in [-0.25, -0.2) is 0 Å². The first-order chi connectivity index (χ1) is 18.2. The van der Waals surface area contributed by atoms with Crippen LogP contribution < -0.4 is 9.03 Å². The molecule has 1 aliphatic carbocycles. The van der Waals surface area contributed by atoms with Crippen LogP contribution >= 0.6 is 0 Å². The molecule has 1 fully saturated rings. The van der Waals surface area contributed by atoms with Gasteiger partial charge in [-0.05, 0) is 0 Å². The minimum absolute atomic E-state index is 0.184. The van der Waals surface area contributed by atoms with Gasteiger partial charge in [-0.15, -0.1) is 0 Å². The molecule has 0 radical (unpaired) electrons. The number of carbonyl (C=O) groups excluding carboxylic acids is 1. The van der Waals surface area contributed by atoms with E-state index in [4.69, 9.17) is 4.74 Å². The number of hydrogen-bond donors (Lipinski definition) is 1. The summed E-state index contributed by atoms with van der Waals surface area (Å²) in [6, 6.07) is 9.18. The summed E-state index contributed by atoms with van der Waals surface area (Å²) in [5.41, 5.74) is 1.84. The van der Waals surface area contributed by atoms with E-state index < -0.39 is 24.0 Å². The van der Waals surface area contributed by atoms with Crippen molar-refractivity contribution in [2.75, 3.05) is 6.54 Å². The van der Waals surface area contributed by atoms with Crippen LogP contribution in [0.1, 0.15) is 118 Å². The maximum atomic E-state index is 13.8. The van der Waals surface area contributed by atoms with E-state index in [2.05, 4.69) is 50.4 Å². The monoisotopic (exact) mass is 632 g/mol. The number of benzene rings is 1. The second-order valence-corrected chi connectivity index (χ2v) is 26.0. The van der Waals surface area contributed by atoms with Crippen LogP contribution in [0.4, 0.5) is 4.79 Å². The van der Waals surface area contributed by atoms with Crippen molar-refractivity contribution in [3.05, 3.63) is 29.8 Å². The Labute approximate surface area is 237 Å². The molecule has 214 valence electrons. The van der Waals surface area contributed by atoms with E-state index in [0.717, 1.165) is 24.5 Å². The van der Waals surface area contributed by atoms with Gasteiger partial charge in [-0.3, -0.25) is 0 Å². The molecule has 1 N–H and O–H groups in total. The van der Waals surface area contributed by atoms with E-state index in [1.54, 1.807) is 0 Å². The molecule has 4 nitrogen and oxygen atoms in total. The predicted octanol–water partition coefficient (Wildman–Crippen LogP) is 9.15. The molecule has 0 atom stereocenters. The number of carbonyl (C=O) groups is 1. The number of rotatable bonds is 14. The summed E-state index contributed by atoms with van der Waals surface area (Å²) >= 11 is -2.90. The Morgan fingerprint density at radius 2 is 1.55 bits per heavy atom. The SMILES string of the molecule is CCC[CH2][Sn]([CH2]CCC)([CH2]CCC)[c]1cc2cc(CNCC3CCCCC3)ccc2n1C(=O)OC(C)(C)C. The van der Waals surface area contributed by atoms with Crippen molar-refractivity contribution < 1.29 is 9.53 Å². The van der Waals surface area contributed by atoms with Crippen molar-refractivity contribution in [3.63, 3.8) is 0 Å². The summed E-state index contributed by atoms with van der Waals surface area (Å²) in [4.78, 5) is 13.8. The van der Waals surface area contributed by atoms with Crippen molar-refractivity contribution in [1.82, 2.24) is 9.88 Å². The van der Waals surface area contributed by atoms with Crippen LogP contribution in [0.5, 0.6) is 0 Å². The molecule has 3 rings (SSSR count). The van der Waals surface area contributed by atoms with Gasteiger partial charge in [0.15, 0.2) is 0 Å². The van der Waals surface area contributed by atoms with E-state index in [9.17, 15) is 4.79 Å². The molecular weight excluding hydrogens is 575 g/mol. The molecule has 0 aliphatic heterocycles. The zero-order valence-corrected chi connectivity index (χ0v) is 28.3. The van der Waals surface area contributed by atoms with Crippen LogP contribution in [0.25, 0.3) is 10.9 Å². The topological polar surface area (TPSA) is 43.3 Å². The molecule has 0 amide bonds. The second kappa shape index (κ2) is 15.1. The second-order valence-electron chi connectivity index (χ2n) is 13.0. The van der Waals surface area contributed by atoms with Crippen molar-refractivity contribution >= 4 is 39.1 Å². The average molecular weight is 632 g/mol. The first-order valence-electron chi connectivity index (χ1n) is 15.8. The standard InChI is InChI=1S/C21H29N2O2.3C4H9.Sn/c1-21(2,3)25-20(24)23-12-11-18-13-17(9-10-19(18)23)15-22-14-16-7-5-4-6-8-16;3*1-3-4-2;/h9-11,13,16,22H,4-8,14-15H2,1-3H3;3*1,3-4H2,2H3;. The molecule has 1 aliphatic rings. The van der Waals surface area contributed by atoms with Crippen molar-refractivity contribution in [2.24, 2.45) is 5.92 Å². The van der Waals surface area contributed by atoms with Gasteiger partial charge in [0.2, 0.25) is 0 Å². The Kier molecular flexibility index (Phi) is 12.5. The first-order valence-corrected chi connectivity index (χ1v) is 23.3. The van der Waals surface area contributed by atoms with Crippen LogP contribution in [0.3, 0.4) is 0 Å². The van der Waals surface area contributed by atoms with Crippen LogP contribution in [-0.2, 0) is 11.3 Å². The Balaban J connectivity index is 2.01. The van der Waals surface area contributed by atoms with E-state index in [0.29, 0.717) is 0 Å². The third-order valence-corrected chi connectivity index (χ3v) is 23.9. The molecule has 5 heteroatoms. The molecule has 1 aromatic heterocycles. The predicted molar refractivity (Wildman–Crippen MR) is 166 cm³/mol. The van der Waals surface area contributed by atoms with Crippen molar-refractivity contribution in [2.45, 2.75) is 138 Å². The summed E-state index contributed by atoms with van der Waals surface area (Å²) in [5.74, 6) is 0.831. The van der Waals surface area contributed by atoms with Crippen LogP contribution in [0.15, 0.2) is 24.3 Å². The fourth-order valence-electron chi connectivity index (χ4n) is 6.39. The van der Waals surface area contributed by atoms with Gasteiger partial charge in [0.25, 0.3) is 0 Å². The summed E-state index contributed by atoms with van der Waals surface area (Å²) in [5, 5.41) is 4.96. The molecule has 1 heterocycles. The summed E-state index contributed by atoms with van der Waals surface area (Å²) in [6.45, 7) is 14.9. The van der Waals surface area contributed by atoms with Gasteiger partial charge in [-0.1, -0.05) is 0 Å². The summed E-state index contributed by atoms with van der Waals surface area (Å²) in [6.07, 6.45) is 14.2. The minimum atomic E-state index is -2.90. The van der Waals surface area contributed by atoms with Crippen LogP contribution in [0, 0.1) is 5.92 Å². The fraction of sp³-hybridized carbons (Fsp3) is 0.727. The number of ether oxygens (including phenoxy) is 1. The van der Waals surface area contributed by atoms with Crippen LogP contribution in [0.2, 0.25) is 13.3 Å². The van der Waals surface area contributed by atoms with Gasteiger partial charge >= 0.3 is 238 Å². The number of hydrogen-bond acceptors (Lipinski definition) is 3. The summed E-state index contributed by atoms with van der Waals surface area (Å²) in [7, 11) is 0. The van der Waals surface area contributed by atoms with Gasteiger partial charge in [0.05, 0.1) is 0 Å². The molecule has 1 aromatic carbocycles. The molecular formula is C33H56N2O2Sn. The maximum absolute atomic E-state index is 13.8. The molecule has 2 aromatic rings. The van der Waals surface area contributed by atoms with Crippen molar-refractivity contribution in [1.29, 1.82) is 0 Å². The van der Waals surface area contributed by atoms with E-state index in [-0.39, 0.29) is 6.09 Å². The normalized spacial score (nSPS) is 15.3. The number of aromatic nitrogens is 1. The van der Waals surface area contributed by atoms with Crippen molar-refractivity contribution in [3.8, 4) is 0 Å². The van der Waals surface area contributed by atoms with E-state index in [1.807, 2.05) is 25.3 Å². The molecule has 0 unspecified atom stereocenters. The Hall–Kier alpha value is -1.01. The third kappa shape index (κ3) is 8.74. The zero-order chi connectivity index (χ0) is 27.6. The van der Waals surface area contributed by atoms with Gasteiger partial charge in [-0.2, -0.15) is 0 Å². The zero-order valence-electron chi connectivity index (χ0n) is 25.5. The van der Waals surface area contributed by atoms with Crippen LogP contribution in [-0.4, -0.2) is 41.2 Å². The number of fused-ring (bicyclic) bond motifs is 1. The Morgan fingerprint density at radius 1 is 0.947 bits per heavy atom. The quantitative estimate of drug-likeness (QED) is 0.212. The third-order valence-electron chi connectivity index (χ3n) is 8.50. The molecule has 0 saturated heterocycles. The van der Waals surface area contributed by atoms with E-state index in [1.165, 1.54) is 98.6 Å². The summed E-state index contributed by atoms with van der Waals surface area (Å²) < 4.78 is 13.5. The molecule has 38 heavy (non-hydrogen) atoms. The van der Waals surface area contributed by atoms with Gasteiger partial charge in [0.1, 0.15) is 0 Å². The van der Waals surface area contributed by atoms with Gasteiger partial charge < -0.3 is 0 Å². The number of nitrogens with one attached hydrogen (secondary N) is 1. The average Bonchev–Trinajstić information content (AvgIpc) is 3.28. The number of nitrogens with zero attached hydrogens (tertiary/aromatic N) is 1. The molecule has 1 saturated carbocycles. The Bertz CT molecular complexity index is 979. The fourth-order valence-corrected chi connectivity index (χ4v) is 22.8. The molecule has 0 spiro atoms.